The van der Waals surface area contributed by atoms with Crippen molar-refractivity contribution in [3.63, 3.8) is 0 Å². The number of hydrogen-bond donors (Lipinski definition) is 1. The summed E-state index contributed by atoms with van der Waals surface area (Å²) in [5.41, 5.74) is -0.789. The van der Waals surface area contributed by atoms with E-state index in [1.54, 1.807) is 4.90 Å². The van der Waals surface area contributed by atoms with Crippen LogP contribution in [0.15, 0.2) is 30.3 Å². The highest BCUT2D eigenvalue weighted by molar-refractivity contribution is 5.88. The van der Waals surface area contributed by atoms with Crippen molar-refractivity contribution in [1.29, 1.82) is 0 Å². The first-order chi connectivity index (χ1) is 17.6. The van der Waals surface area contributed by atoms with Gasteiger partial charge in [-0.1, -0.05) is 44.2 Å². The van der Waals surface area contributed by atoms with E-state index in [4.69, 9.17) is 9.47 Å². The average molecular weight is 531 g/mol. The van der Waals surface area contributed by atoms with Crippen molar-refractivity contribution in [1.82, 2.24) is 10.2 Å². The summed E-state index contributed by atoms with van der Waals surface area (Å²) in [6.45, 7) is 19.2. The van der Waals surface area contributed by atoms with Crippen LogP contribution in [0.3, 0.4) is 0 Å². The third-order valence-corrected chi connectivity index (χ3v) is 6.84. The second kappa shape index (κ2) is 12.6. The van der Waals surface area contributed by atoms with Gasteiger partial charge >= 0.3 is 6.09 Å². The topological polar surface area (TPSA) is 84.9 Å². The van der Waals surface area contributed by atoms with Crippen molar-refractivity contribution in [2.45, 2.75) is 130 Å². The number of nitrogens with one attached hydrogen (secondary N) is 1. The first kappa shape index (κ1) is 31.8. The number of amides is 2. The highest BCUT2D eigenvalue weighted by atomic mass is 16.6. The molecule has 1 aliphatic heterocycles. The van der Waals surface area contributed by atoms with E-state index in [1.807, 2.05) is 87.4 Å². The molecule has 1 aromatic rings. The molecule has 1 saturated carbocycles. The van der Waals surface area contributed by atoms with E-state index in [0.29, 0.717) is 25.7 Å². The summed E-state index contributed by atoms with van der Waals surface area (Å²) < 4.78 is 12.3. The molecule has 7 nitrogen and oxygen atoms in total. The molecule has 1 aliphatic carbocycles. The van der Waals surface area contributed by atoms with Gasteiger partial charge in [-0.25, -0.2) is 4.79 Å². The number of carbonyl (C=O) groups excluding carboxylic acids is 3. The minimum Gasteiger partial charge on any atom is -0.444 e. The number of benzene rings is 1. The fourth-order valence-corrected chi connectivity index (χ4v) is 5.43. The van der Waals surface area contributed by atoms with Crippen LogP contribution in [0.4, 0.5) is 4.79 Å². The third-order valence-electron chi connectivity index (χ3n) is 6.84. The van der Waals surface area contributed by atoms with Crippen LogP contribution < -0.4 is 5.32 Å². The molecule has 7 heteroatoms. The van der Waals surface area contributed by atoms with Crippen molar-refractivity contribution >= 4 is 17.8 Å². The van der Waals surface area contributed by atoms with Crippen molar-refractivity contribution < 1.29 is 23.9 Å². The molecule has 1 aromatic carbocycles. The lowest BCUT2D eigenvalue weighted by Crippen LogP contribution is -2.51. The third kappa shape index (κ3) is 8.82. The number of hydrogen-bond acceptors (Lipinski definition) is 5. The minimum atomic E-state index is -0.875. The summed E-state index contributed by atoms with van der Waals surface area (Å²) >= 11 is 0. The van der Waals surface area contributed by atoms with Gasteiger partial charge in [-0.05, 0) is 86.1 Å². The Balaban J connectivity index is 0.00000247. The molecule has 2 aliphatic rings. The largest absolute Gasteiger partial charge is 0.444 e. The molecule has 2 amide bonds. The molecule has 0 spiro atoms. The molecular weight excluding hydrogens is 480 g/mol. The van der Waals surface area contributed by atoms with Crippen LogP contribution in [0.5, 0.6) is 0 Å². The Kier molecular flexibility index (Phi) is 10.6. The zero-order valence-corrected chi connectivity index (χ0v) is 25.2. The predicted molar refractivity (Wildman–Crippen MR) is 151 cm³/mol. The van der Waals surface area contributed by atoms with Crippen LogP contribution in [0.1, 0.15) is 100 Å². The lowest BCUT2D eigenvalue weighted by molar-refractivity contribution is -0.136. The molecule has 214 valence electrons. The van der Waals surface area contributed by atoms with E-state index >= 15 is 0 Å². The van der Waals surface area contributed by atoms with Crippen molar-refractivity contribution in [3.8, 4) is 0 Å². The van der Waals surface area contributed by atoms with Gasteiger partial charge < -0.3 is 14.8 Å². The van der Waals surface area contributed by atoms with Crippen molar-refractivity contribution in [3.05, 3.63) is 35.9 Å². The monoisotopic (exact) mass is 530 g/mol. The molecule has 0 bridgehead atoms. The minimum absolute atomic E-state index is 0.0114. The second-order valence-corrected chi connectivity index (χ2v) is 12.8. The van der Waals surface area contributed by atoms with Crippen LogP contribution >= 0.6 is 0 Å². The van der Waals surface area contributed by atoms with E-state index in [-0.39, 0.29) is 41.7 Å². The van der Waals surface area contributed by atoms with E-state index < -0.39 is 23.3 Å². The van der Waals surface area contributed by atoms with E-state index in [1.165, 1.54) is 0 Å². The number of ether oxygens (including phenoxy) is 2. The Bertz CT molecular complexity index is 945. The SMILES string of the molecule is CC.CC(C)(C)NC(=O)C1CC(=O)CCC1CC1OC(C)(C)N(C(=O)OC(C)(C)C)C1Cc1ccccc1. The van der Waals surface area contributed by atoms with Gasteiger partial charge in [0.1, 0.15) is 17.1 Å². The molecule has 0 radical (unpaired) electrons. The molecule has 3 rings (SSSR count). The van der Waals surface area contributed by atoms with E-state index in [0.717, 1.165) is 5.56 Å². The number of nitrogens with zero attached hydrogens (tertiary/aromatic N) is 1. The van der Waals surface area contributed by atoms with Gasteiger partial charge in [0.15, 0.2) is 0 Å². The first-order valence-corrected chi connectivity index (χ1v) is 14.1. The highest BCUT2D eigenvalue weighted by Crippen LogP contribution is 2.41. The second-order valence-electron chi connectivity index (χ2n) is 12.8. The maximum absolute atomic E-state index is 13.4. The normalized spacial score (nSPS) is 25.3. The Morgan fingerprint density at radius 1 is 1.08 bits per heavy atom. The van der Waals surface area contributed by atoms with Gasteiger partial charge in [-0.2, -0.15) is 0 Å². The summed E-state index contributed by atoms with van der Waals surface area (Å²) in [7, 11) is 0. The van der Waals surface area contributed by atoms with Gasteiger partial charge in [0.2, 0.25) is 5.91 Å². The summed E-state index contributed by atoms with van der Waals surface area (Å²) in [6.07, 6.45) is 1.87. The molecule has 1 N–H and O–H groups in total. The fourth-order valence-electron chi connectivity index (χ4n) is 5.43. The molecule has 4 atom stereocenters. The lowest BCUT2D eigenvalue weighted by atomic mass is 9.74. The van der Waals surface area contributed by atoms with Gasteiger partial charge in [0, 0.05) is 24.3 Å². The van der Waals surface area contributed by atoms with E-state index in [2.05, 4.69) is 17.4 Å². The molecular formula is C31H50N2O5. The fraction of sp³-hybridized carbons (Fsp3) is 0.710. The van der Waals surface area contributed by atoms with Crippen LogP contribution in [0.2, 0.25) is 0 Å². The summed E-state index contributed by atoms with van der Waals surface area (Å²) in [4.78, 5) is 40.6. The average Bonchev–Trinajstić information content (AvgIpc) is 3.03. The lowest BCUT2D eigenvalue weighted by Gasteiger charge is -2.36. The molecule has 4 unspecified atom stereocenters. The molecule has 38 heavy (non-hydrogen) atoms. The summed E-state index contributed by atoms with van der Waals surface area (Å²) in [5, 5.41) is 3.07. The maximum atomic E-state index is 13.4. The van der Waals surface area contributed by atoms with Gasteiger partial charge in [-0.3, -0.25) is 14.5 Å². The number of ketones is 1. The molecule has 2 fully saturated rings. The van der Waals surface area contributed by atoms with E-state index in [9.17, 15) is 14.4 Å². The number of carbonyl (C=O) groups is 3. The molecule has 1 saturated heterocycles. The van der Waals surface area contributed by atoms with Crippen molar-refractivity contribution in [2.75, 3.05) is 0 Å². The van der Waals surface area contributed by atoms with Crippen LogP contribution in [-0.4, -0.2) is 51.7 Å². The maximum Gasteiger partial charge on any atom is 0.412 e. The van der Waals surface area contributed by atoms with Crippen molar-refractivity contribution in [2.24, 2.45) is 11.8 Å². The smallest absolute Gasteiger partial charge is 0.412 e. The first-order valence-electron chi connectivity index (χ1n) is 14.1. The quantitative estimate of drug-likeness (QED) is 0.484. The van der Waals surface area contributed by atoms with Gasteiger partial charge in [0.05, 0.1) is 12.1 Å². The Hall–Kier alpha value is -2.41. The zero-order chi connectivity index (χ0) is 28.9. The molecule has 0 aromatic heterocycles. The number of Topliss-reactive ketones (excluding diaryl/α,β-unsaturated/α-hetero) is 1. The standard InChI is InChI=1S/C29H44N2O5.C2H6/c1-27(2,3)30-25(33)22-18-21(32)15-14-20(22)17-24-23(16-19-12-10-9-11-13-19)31(29(7,8)35-24)26(34)36-28(4,5)6;1-2/h9-13,20,22-24H,14-18H2,1-8H3,(H,30,33);1-2H3. The van der Waals surface area contributed by atoms with Gasteiger partial charge in [-0.15, -0.1) is 0 Å². The van der Waals surface area contributed by atoms with Crippen LogP contribution in [0.25, 0.3) is 0 Å². The Labute approximate surface area is 230 Å². The summed E-state index contributed by atoms with van der Waals surface area (Å²) in [6, 6.07) is 9.79. The highest BCUT2D eigenvalue weighted by Gasteiger charge is 2.52. The van der Waals surface area contributed by atoms with Gasteiger partial charge in [0.25, 0.3) is 0 Å². The molecule has 1 heterocycles. The predicted octanol–water partition coefficient (Wildman–Crippen LogP) is 6.29. The van der Waals surface area contributed by atoms with Crippen LogP contribution in [-0.2, 0) is 25.5 Å². The zero-order valence-electron chi connectivity index (χ0n) is 25.2. The van der Waals surface area contributed by atoms with Crippen LogP contribution in [0, 0.1) is 11.8 Å². The number of rotatable bonds is 5. The Morgan fingerprint density at radius 3 is 2.24 bits per heavy atom. The summed E-state index contributed by atoms with van der Waals surface area (Å²) in [5.74, 6) is -0.363. The Morgan fingerprint density at radius 2 is 1.68 bits per heavy atom.